The van der Waals surface area contributed by atoms with Crippen molar-refractivity contribution < 1.29 is 9.26 Å². The van der Waals surface area contributed by atoms with Gasteiger partial charge in [0.1, 0.15) is 18.2 Å². The summed E-state index contributed by atoms with van der Waals surface area (Å²) in [4.78, 5) is 8.37. The van der Waals surface area contributed by atoms with E-state index in [9.17, 15) is 0 Å². The predicted octanol–water partition coefficient (Wildman–Crippen LogP) is 4.96. The van der Waals surface area contributed by atoms with Gasteiger partial charge in [0.2, 0.25) is 0 Å². The lowest BCUT2D eigenvalue weighted by atomic mass is 10.0. The Bertz CT molecular complexity index is 964. The van der Waals surface area contributed by atoms with Crippen LogP contribution >= 0.6 is 0 Å². The summed E-state index contributed by atoms with van der Waals surface area (Å²) in [5.74, 6) is 2.17. The molecule has 3 aromatic heterocycles. The average Bonchev–Trinajstić information content (AvgIpc) is 3.19. The quantitative estimate of drug-likeness (QED) is 0.410. The Morgan fingerprint density at radius 1 is 1.17 bits per heavy atom. The zero-order chi connectivity index (χ0) is 20.5. The van der Waals surface area contributed by atoms with Crippen LogP contribution in [0.3, 0.4) is 0 Å². The molecule has 0 aliphatic heterocycles. The molecule has 0 aromatic carbocycles. The van der Waals surface area contributed by atoms with Gasteiger partial charge < -0.3 is 15.0 Å². The number of pyridine rings is 2. The van der Waals surface area contributed by atoms with E-state index >= 15 is 0 Å². The summed E-state index contributed by atoms with van der Waals surface area (Å²) in [5.41, 5.74) is 8.44. The monoisotopic (exact) mass is 390 g/mol. The predicted molar refractivity (Wildman–Crippen MR) is 114 cm³/mol. The van der Waals surface area contributed by atoms with Crippen LogP contribution in [0.25, 0.3) is 11.3 Å². The van der Waals surface area contributed by atoms with Crippen molar-refractivity contribution in [3.63, 3.8) is 0 Å². The third kappa shape index (κ3) is 6.04. The van der Waals surface area contributed by atoms with Gasteiger partial charge in [-0.2, -0.15) is 0 Å². The molecule has 29 heavy (non-hydrogen) atoms. The van der Waals surface area contributed by atoms with Gasteiger partial charge in [0, 0.05) is 18.5 Å². The maximum Gasteiger partial charge on any atom is 0.170 e. The van der Waals surface area contributed by atoms with Crippen LogP contribution in [0.1, 0.15) is 31.7 Å². The van der Waals surface area contributed by atoms with Crippen molar-refractivity contribution >= 4 is 5.82 Å². The number of aromatic nitrogens is 3. The molecule has 6 nitrogen and oxygen atoms in total. The van der Waals surface area contributed by atoms with Crippen molar-refractivity contribution in [2.45, 2.75) is 33.3 Å². The largest absolute Gasteiger partial charge is 0.488 e. The Kier molecular flexibility index (Phi) is 7.16. The molecule has 6 heteroatoms. The molecule has 0 fully saturated rings. The van der Waals surface area contributed by atoms with Crippen molar-refractivity contribution in [1.82, 2.24) is 15.1 Å². The lowest BCUT2D eigenvalue weighted by Crippen LogP contribution is -1.98. The molecule has 0 saturated heterocycles. The van der Waals surface area contributed by atoms with Crippen LogP contribution in [-0.2, 0) is 17.8 Å². The van der Waals surface area contributed by atoms with E-state index in [4.69, 9.17) is 15.0 Å². The fourth-order valence-corrected chi connectivity index (χ4v) is 2.83. The Labute approximate surface area is 171 Å². The number of hydrogen-bond donors (Lipinski definition) is 1. The van der Waals surface area contributed by atoms with E-state index in [0.717, 1.165) is 35.6 Å². The van der Waals surface area contributed by atoms with E-state index in [1.807, 2.05) is 42.5 Å². The van der Waals surface area contributed by atoms with Crippen molar-refractivity contribution in [2.75, 3.05) is 5.73 Å². The third-order valence-electron chi connectivity index (χ3n) is 4.30. The molecule has 1 atom stereocenters. The van der Waals surface area contributed by atoms with E-state index < -0.39 is 0 Å². The zero-order valence-electron chi connectivity index (χ0n) is 16.8. The van der Waals surface area contributed by atoms with Gasteiger partial charge in [0.15, 0.2) is 5.76 Å². The third-order valence-corrected chi connectivity index (χ3v) is 4.30. The van der Waals surface area contributed by atoms with Gasteiger partial charge >= 0.3 is 0 Å². The first-order valence-electron chi connectivity index (χ1n) is 9.73. The number of ether oxygens (including phenoxy) is 1. The van der Waals surface area contributed by atoms with Crippen molar-refractivity contribution in [1.29, 1.82) is 0 Å². The number of nitrogen functional groups attached to an aromatic ring is 1. The van der Waals surface area contributed by atoms with Gasteiger partial charge in [0.05, 0.1) is 17.0 Å². The minimum atomic E-state index is 0.262. The van der Waals surface area contributed by atoms with E-state index in [2.05, 4.69) is 41.1 Å². The molecule has 3 rings (SSSR count). The molecule has 2 N–H and O–H groups in total. The summed E-state index contributed by atoms with van der Waals surface area (Å²) < 4.78 is 11.3. The second-order valence-corrected chi connectivity index (χ2v) is 6.78. The molecule has 3 aromatic rings. The molecule has 0 amide bonds. The molecule has 0 radical (unpaired) electrons. The average molecular weight is 390 g/mol. The molecule has 1 unspecified atom stereocenters. The Morgan fingerprint density at radius 2 is 2.03 bits per heavy atom. The fourth-order valence-electron chi connectivity index (χ4n) is 2.83. The minimum Gasteiger partial charge on any atom is -0.488 e. The van der Waals surface area contributed by atoms with Crippen molar-refractivity contribution in [3.05, 3.63) is 84.2 Å². The molecule has 0 bridgehead atoms. The lowest BCUT2D eigenvalue weighted by Gasteiger charge is -2.08. The lowest BCUT2D eigenvalue weighted by molar-refractivity contribution is 0.206. The minimum absolute atomic E-state index is 0.262. The van der Waals surface area contributed by atoms with E-state index in [-0.39, 0.29) is 5.92 Å². The van der Waals surface area contributed by atoms with Crippen LogP contribution in [0, 0.1) is 5.92 Å². The summed E-state index contributed by atoms with van der Waals surface area (Å²) in [7, 11) is 0. The van der Waals surface area contributed by atoms with Crippen LogP contribution in [0.5, 0.6) is 0 Å². The summed E-state index contributed by atoms with van der Waals surface area (Å²) >= 11 is 0. The molecule has 0 spiro atoms. The topological polar surface area (TPSA) is 87.1 Å². The Balaban J connectivity index is 1.58. The summed E-state index contributed by atoms with van der Waals surface area (Å²) in [6.07, 6.45) is 11.3. The number of anilines is 1. The van der Waals surface area contributed by atoms with Gasteiger partial charge in [-0.15, -0.1) is 0 Å². The van der Waals surface area contributed by atoms with Gasteiger partial charge in [-0.25, -0.2) is 4.98 Å². The van der Waals surface area contributed by atoms with Gasteiger partial charge in [-0.3, -0.25) is 4.98 Å². The van der Waals surface area contributed by atoms with Crippen LogP contribution < -0.4 is 5.73 Å². The van der Waals surface area contributed by atoms with E-state index in [1.54, 1.807) is 12.4 Å². The Hall–Kier alpha value is -3.41. The highest BCUT2D eigenvalue weighted by Crippen LogP contribution is 2.25. The summed E-state index contributed by atoms with van der Waals surface area (Å²) in [5, 5.41) is 4.17. The van der Waals surface area contributed by atoms with Crippen molar-refractivity contribution in [3.8, 4) is 11.3 Å². The standard InChI is InChI=1S/C23H26N4O2/c1-3-7-20(28-16-18-8-4-5-12-25-18)11-10-17(2)14-19-15-22(29-27-19)21-9-6-13-26-23(21)24/h4-13,15,17H,3,14,16H2,1-2H3,(H2,24,26)/b11-10-,20-7+. The van der Waals surface area contributed by atoms with E-state index in [1.165, 1.54) is 0 Å². The number of nitrogens with zero attached hydrogens (tertiary/aromatic N) is 3. The second kappa shape index (κ2) is 10.2. The normalized spacial score (nSPS) is 13.0. The zero-order valence-corrected chi connectivity index (χ0v) is 16.8. The highest BCUT2D eigenvalue weighted by atomic mass is 16.5. The number of hydrogen-bond acceptors (Lipinski definition) is 6. The van der Waals surface area contributed by atoms with Gasteiger partial charge in [-0.05, 0) is 55.2 Å². The molecule has 0 aliphatic carbocycles. The van der Waals surface area contributed by atoms with E-state index in [0.29, 0.717) is 18.2 Å². The molecule has 150 valence electrons. The first-order chi connectivity index (χ1) is 14.2. The Morgan fingerprint density at radius 3 is 2.79 bits per heavy atom. The smallest absolute Gasteiger partial charge is 0.170 e. The van der Waals surface area contributed by atoms with Crippen molar-refractivity contribution in [2.24, 2.45) is 5.92 Å². The summed E-state index contributed by atoms with van der Waals surface area (Å²) in [6.45, 7) is 4.67. The fraction of sp³-hybridized carbons (Fsp3) is 0.261. The first-order valence-corrected chi connectivity index (χ1v) is 9.73. The number of allylic oxidation sites excluding steroid dienone is 3. The molecule has 3 heterocycles. The van der Waals surface area contributed by atoms with Crippen LogP contribution in [0.15, 0.2) is 77.3 Å². The van der Waals surface area contributed by atoms with Gasteiger partial charge in [-0.1, -0.05) is 31.1 Å². The molecular formula is C23H26N4O2. The number of rotatable bonds is 9. The number of nitrogens with two attached hydrogens (primary N) is 1. The second-order valence-electron chi connectivity index (χ2n) is 6.78. The molecule has 0 aliphatic rings. The van der Waals surface area contributed by atoms with Crippen LogP contribution in [0.4, 0.5) is 5.82 Å². The van der Waals surface area contributed by atoms with Crippen LogP contribution in [-0.4, -0.2) is 15.1 Å². The van der Waals surface area contributed by atoms with Crippen LogP contribution in [0.2, 0.25) is 0 Å². The summed E-state index contributed by atoms with van der Waals surface area (Å²) in [6, 6.07) is 11.4. The molecular weight excluding hydrogens is 364 g/mol. The maximum atomic E-state index is 5.91. The molecule has 0 saturated carbocycles. The maximum absolute atomic E-state index is 5.91. The first kappa shape index (κ1) is 20.3. The SMILES string of the molecule is CC/C=C(\C=C/C(C)Cc1cc(-c2cccnc2N)on1)OCc1ccccn1. The van der Waals surface area contributed by atoms with Gasteiger partial charge in [0.25, 0.3) is 0 Å². The highest BCUT2D eigenvalue weighted by Gasteiger charge is 2.11. The highest BCUT2D eigenvalue weighted by molar-refractivity contribution is 5.69.